The highest BCUT2D eigenvalue weighted by molar-refractivity contribution is 6.30. The molecule has 0 aromatic heterocycles. The largest absolute Gasteiger partial charge is 0.381 e. The maximum atomic E-state index is 11.0. The van der Waals surface area contributed by atoms with Gasteiger partial charge in [-0.2, -0.15) is 0 Å². The summed E-state index contributed by atoms with van der Waals surface area (Å²) in [6.07, 6.45) is 1.49. The van der Waals surface area contributed by atoms with Crippen molar-refractivity contribution in [2.75, 3.05) is 5.32 Å². The van der Waals surface area contributed by atoms with Crippen LogP contribution in [0.1, 0.15) is 18.9 Å². The standard InChI is InChI=1S/C11H12ClNO/c1-7(14)4-10-6-8-5-9(12)2-3-11(8)13-10/h2-3,5,10,13H,4,6H2,1H3. The smallest absolute Gasteiger partial charge is 0.131 e. The Morgan fingerprint density at radius 2 is 2.43 bits per heavy atom. The molecule has 1 aromatic carbocycles. The Bertz CT molecular complexity index is 376. The van der Waals surface area contributed by atoms with Gasteiger partial charge < -0.3 is 5.32 Å². The first-order valence-corrected chi connectivity index (χ1v) is 5.07. The van der Waals surface area contributed by atoms with Crippen LogP contribution in [-0.4, -0.2) is 11.8 Å². The van der Waals surface area contributed by atoms with E-state index in [2.05, 4.69) is 5.32 Å². The Labute approximate surface area is 88.3 Å². The number of carbonyl (C=O) groups excluding carboxylic acids is 1. The number of rotatable bonds is 2. The predicted octanol–water partition coefficient (Wildman–Crippen LogP) is 2.66. The Kier molecular flexibility index (Phi) is 2.46. The van der Waals surface area contributed by atoms with Crippen molar-refractivity contribution in [1.29, 1.82) is 0 Å². The van der Waals surface area contributed by atoms with Crippen molar-refractivity contribution in [2.24, 2.45) is 0 Å². The maximum Gasteiger partial charge on any atom is 0.131 e. The van der Waals surface area contributed by atoms with E-state index in [4.69, 9.17) is 11.6 Å². The molecule has 1 unspecified atom stereocenters. The van der Waals surface area contributed by atoms with E-state index < -0.39 is 0 Å². The second kappa shape index (κ2) is 3.62. The van der Waals surface area contributed by atoms with E-state index >= 15 is 0 Å². The summed E-state index contributed by atoms with van der Waals surface area (Å²) in [4.78, 5) is 11.0. The van der Waals surface area contributed by atoms with Crippen molar-refractivity contribution < 1.29 is 4.79 Å². The van der Waals surface area contributed by atoms with Crippen LogP contribution in [0.4, 0.5) is 5.69 Å². The average Bonchev–Trinajstić information content (AvgIpc) is 2.44. The van der Waals surface area contributed by atoms with Crippen molar-refractivity contribution in [3.63, 3.8) is 0 Å². The van der Waals surface area contributed by atoms with Crippen molar-refractivity contribution in [3.05, 3.63) is 28.8 Å². The third-order valence-electron chi connectivity index (χ3n) is 2.43. The summed E-state index contributed by atoms with van der Waals surface area (Å²) in [7, 11) is 0. The lowest BCUT2D eigenvalue weighted by atomic mass is 10.1. The third kappa shape index (κ3) is 1.90. The van der Waals surface area contributed by atoms with Crippen LogP contribution in [-0.2, 0) is 11.2 Å². The van der Waals surface area contributed by atoms with Crippen LogP contribution in [0.25, 0.3) is 0 Å². The van der Waals surface area contributed by atoms with E-state index in [1.54, 1.807) is 6.92 Å². The molecule has 0 bridgehead atoms. The van der Waals surface area contributed by atoms with Crippen LogP contribution in [0.15, 0.2) is 18.2 Å². The van der Waals surface area contributed by atoms with Gasteiger partial charge in [0.05, 0.1) is 0 Å². The molecule has 2 nitrogen and oxygen atoms in total. The zero-order valence-corrected chi connectivity index (χ0v) is 8.77. The summed E-state index contributed by atoms with van der Waals surface area (Å²) in [5.74, 6) is 0.224. The molecule has 0 saturated heterocycles. The van der Waals surface area contributed by atoms with Gasteiger partial charge in [0.2, 0.25) is 0 Å². The minimum atomic E-state index is 0.224. The van der Waals surface area contributed by atoms with Gasteiger partial charge in [-0.05, 0) is 37.1 Å². The molecule has 0 aliphatic carbocycles. The predicted molar refractivity (Wildman–Crippen MR) is 57.9 cm³/mol. The number of anilines is 1. The van der Waals surface area contributed by atoms with Crippen molar-refractivity contribution >= 4 is 23.1 Å². The Hall–Kier alpha value is -1.02. The fourth-order valence-corrected chi connectivity index (χ4v) is 2.07. The molecular formula is C11H12ClNO. The van der Waals surface area contributed by atoms with Gasteiger partial charge in [0, 0.05) is 23.2 Å². The summed E-state index contributed by atoms with van der Waals surface area (Å²) in [6.45, 7) is 1.62. The van der Waals surface area contributed by atoms with E-state index in [1.165, 1.54) is 5.56 Å². The molecule has 74 valence electrons. The third-order valence-corrected chi connectivity index (χ3v) is 2.66. The molecule has 0 amide bonds. The molecule has 2 rings (SSSR count). The van der Waals surface area contributed by atoms with Gasteiger partial charge in [0.1, 0.15) is 5.78 Å². The monoisotopic (exact) mass is 209 g/mol. The summed E-state index contributed by atoms with van der Waals surface area (Å²) >= 11 is 5.88. The van der Waals surface area contributed by atoms with E-state index in [0.717, 1.165) is 17.1 Å². The van der Waals surface area contributed by atoms with Gasteiger partial charge in [0.25, 0.3) is 0 Å². The SMILES string of the molecule is CC(=O)CC1Cc2cc(Cl)ccc2N1. The second-order valence-corrected chi connectivity index (χ2v) is 4.19. The quantitative estimate of drug-likeness (QED) is 0.812. The molecule has 14 heavy (non-hydrogen) atoms. The van der Waals surface area contributed by atoms with Crippen LogP contribution in [0.2, 0.25) is 5.02 Å². The number of benzene rings is 1. The normalized spacial score (nSPS) is 18.9. The van der Waals surface area contributed by atoms with E-state index in [0.29, 0.717) is 6.42 Å². The van der Waals surface area contributed by atoms with Gasteiger partial charge in [0.15, 0.2) is 0 Å². The number of Topliss-reactive ketones (excluding diaryl/α,β-unsaturated/α-hetero) is 1. The van der Waals surface area contributed by atoms with Crippen molar-refractivity contribution in [2.45, 2.75) is 25.8 Å². The minimum Gasteiger partial charge on any atom is -0.381 e. The van der Waals surface area contributed by atoms with Gasteiger partial charge in [-0.25, -0.2) is 0 Å². The summed E-state index contributed by atoms with van der Waals surface area (Å²) in [5, 5.41) is 4.07. The maximum absolute atomic E-state index is 11.0. The first kappa shape index (κ1) is 9.53. The molecule has 0 saturated carbocycles. The van der Waals surface area contributed by atoms with Crippen LogP contribution in [0.5, 0.6) is 0 Å². The fraction of sp³-hybridized carbons (Fsp3) is 0.364. The Morgan fingerprint density at radius 1 is 1.64 bits per heavy atom. The lowest BCUT2D eigenvalue weighted by molar-refractivity contribution is -0.117. The Morgan fingerprint density at radius 3 is 3.14 bits per heavy atom. The van der Waals surface area contributed by atoms with Crippen LogP contribution in [0, 0.1) is 0 Å². The number of nitrogens with one attached hydrogen (secondary N) is 1. The zero-order chi connectivity index (χ0) is 10.1. The number of fused-ring (bicyclic) bond motifs is 1. The first-order valence-electron chi connectivity index (χ1n) is 4.69. The highest BCUT2D eigenvalue weighted by Crippen LogP contribution is 2.29. The van der Waals surface area contributed by atoms with Gasteiger partial charge in [-0.3, -0.25) is 4.79 Å². The van der Waals surface area contributed by atoms with Gasteiger partial charge >= 0.3 is 0 Å². The lowest BCUT2D eigenvalue weighted by Crippen LogP contribution is -2.18. The molecule has 1 N–H and O–H groups in total. The number of carbonyl (C=O) groups is 1. The Balaban J connectivity index is 2.14. The van der Waals surface area contributed by atoms with Crippen LogP contribution >= 0.6 is 11.6 Å². The first-order chi connectivity index (χ1) is 6.65. The molecular weight excluding hydrogens is 198 g/mol. The number of hydrogen-bond donors (Lipinski definition) is 1. The molecule has 1 heterocycles. The molecule has 3 heteroatoms. The van der Waals surface area contributed by atoms with E-state index in [9.17, 15) is 4.79 Å². The zero-order valence-electron chi connectivity index (χ0n) is 8.01. The van der Waals surface area contributed by atoms with Crippen molar-refractivity contribution in [3.8, 4) is 0 Å². The highest BCUT2D eigenvalue weighted by Gasteiger charge is 2.21. The topological polar surface area (TPSA) is 29.1 Å². The molecule has 0 fully saturated rings. The molecule has 1 aromatic rings. The number of hydrogen-bond acceptors (Lipinski definition) is 2. The summed E-state index contributed by atoms with van der Waals surface area (Å²) in [5.41, 5.74) is 2.32. The average molecular weight is 210 g/mol. The number of halogens is 1. The van der Waals surface area contributed by atoms with Gasteiger partial charge in [-0.1, -0.05) is 11.6 Å². The van der Waals surface area contributed by atoms with E-state index in [1.807, 2.05) is 18.2 Å². The minimum absolute atomic E-state index is 0.224. The highest BCUT2D eigenvalue weighted by atomic mass is 35.5. The van der Waals surface area contributed by atoms with Gasteiger partial charge in [-0.15, -0.1) is 0 Å². The second-order valence-electron chi connectivity index (χ2n) is 3.75. The summed E-state index contributed by atoms with van der Waals surface area (Å²) in [6, 6.07) is 6.05. The molecule has 1 atom stereocenters. The van der Waals surface area contributed by atoms with Crippen molar-refractivity contribution in [1.82, 2.24) is 0 Å². The summed E-state index contributed by atoms with van der Waals surface area (Å²) < 4.78 is 0. The van der Waals surface area contributed by atoms with Crippen LogP contribution < -0.4 is 5.32 Å². The molecule has 1 aliphatic heterocycles. The molecule has 1 aliphatic rings. The molecule has 0 spiro atoms. The molecule has 0 radical (unpaired) electrons. The van der Waals surface area contributed by atoms with Crippen LogP contribution in [0.3, 0.4) is 0 Å². The van der Waals surface area contributed by atoms with E-state index in [-0.39, 0.29) is 11.8 Å². The number of ketones is 1. The fourth-order valence-electron chi connectivity index (χ4n) is 1.88. The lowest BCUT2D eigenvalue weighted by Gasteiger charge is -2.07.